The van der Waals surface area contributed by atoms with E-state index in [1.807, 2.05) is 12.3 Å². The maximum Gasteiger partial charge on any atom is 0.227 e. The second kappa shape index (κ2) is 8.11. The third kappa shape index (κ3) is 4.03. The zero-order valence-electron chi connectivity index (χ0n) is 14.7. The van der Waals surface area contributed by atoms with Crippen molar-refractivity contribution in [1.29, 1.82) is 0 Å². The predicted octanol–water partition coefficient (Wildman–Crippen LogP) is 2.65. The summed E-state index contributed by atoms with van der Waals surface area (Å²) in [6.45, 7) is 11.4. The first-order valence-electron chi connectivity index (χ1n) is 8.89. The van der Waals surface area contributed by atoms with Crippen LogP contribution in [0.3, 0.4) is 0 Å². The van der Waals surface area contributed by atoms with Gasteiger partial charge in [-0.1, -0.05) is 30.3 Å². The molecule has 0 aliphatic carbocycles. The molecule has 5 nitrogen and oxygen atoms in total. The van der Waals surface area contributed by atoms with Crippen molar-refractivity contribution in [1.82, 2.24) is 14.9 Å². The van der Waals surface area contributed by atoms with E-state index in [2.05, 4.69) is 63.9 Å². The van der Waals surface area contributed by atoms with E-state index in [0.29, 0.717) is 0 Å². The number of aromatic nitrogens is 2. The van der Waals surface area contributed by atoms with Crippen LogP contribution < -0.4 is 9.80 Å². The van der Waals surface area contributed by atoms with Crippen LogP contribution in [0, 0.1) is 0 Å². The molecule has 0 N–H and O–H groups in total. The monoisotopic (exact) mass is 325 g/mol. The summed E-state index contributed by atoms with van der Waals surface area (Å²) in [5, 5.41) is 0. The van der Waals surface area contributed by atoms with Crippen molar-refractivity contribution in [3.8, 4) is 0 Å². The van der Waals surface area contributed by atoms with Gasteiger partial charge in [0.15, 0.2) is 0 Å². The molecular formula is C19H27N5. The van der Waals surface area contributed by atoms with E-state index in [1.54, 1.807) is 0 Å². The first-order valence-corrected chi connectivity index (χ1v) is 8.89. The lowest BCUT2D eigenvalue weighted by Crippen LogP contribution is -2.46. The second-order valence-electron chi connectivity index (χ2n) is 6.14. The molecule has 0 amide bonds. The zero-order valence-corrected chi connectivity index (χ0v) is 14.7. The smallest absolute Gasteiger partial charge is 0.227 e. The van der Waals surface area contributed by atoms with Crippen molar-refractivity contribution in [3.05, 3.63) is 48.2 Å². The van der Waals surface area contributed by atoms with E-state index in [9.17, 15) is 0 Å². The van der Waals surface area contributed by atoms with Gasteiger partial charge in [-0.25, -0.2) is 4.98 Å². The molecule has 1 fully saturated rings. The molecule has 1 aromatic heterocycles. The quantitative estimate of drug-likeness (QED) is 0.816. The predicted molar refractivity (Wildman–Crippen MR) is 99.5 cm³/mol. The van der Waals surface area contributed by atoms with Crippen molar-refractivity contribution in [3.63, 3.8) is 0 Å². The largest absolute Gasteiger partial charge is 0.354 e. The molecule has 0 unspecified atom stereocenters. The summed E-state index contributed by atoms with van der Waals surface area (Å²) in [5.74, 6) is 1.88. The van der Waals surface area contributed by atoms with Crippen LogP contribution in [0.25, 0.3) is 0 Å². The second-order valence-corrected chi connectivity index (χ2v) is 6.14. The lowest BCUT2D eigenvalue weighted by molar-refractivity contribution is 0.249. The lowest BCUT2D eigenvalue weighted by atomic mass is 10.2. The average molecular weight is 325 g/mol. The van der Waals surface area contributed by atoms with Crippen LogP contribution in [0.15, 0.2) is 42.6 Å². The third-order valence-corrected chi connectivity index (χ3v) is 4.62. The highest BCUT2D eigenvalue weighted by atomic mass is 15.3. The van der Waals surface area contributed by atoms with E-state index in [4.69, 9.17) is 4.98 Å². The topological polar surface area (TPSA) is 35.5 Å². The van der Waals surface area contributed by atoms with Crippen molar-refractivity contribution >= 4 is 11.8 Å². The minimum Gasteiger partial charge on any atom is -0.354 e. The van der Waals surface area contributed by atoms with Crippen LogP contribution in [0.1, 0.15) is 19.4 Å². The van der Waals surface area contributed by atoms with Gasteiger partial charge in [0.1, 0.15) is 5.82 Å². The molecule has 0 atom stereocenters. The Morgan fingerprint density at radius 1 is 0.958 bits per heavy atom. The molecule has 24 heavy (non-hydrogen) atoms. The zero-order chi connectivity index (χ0) is 16.8. The number of rotatable bonds is 6. The molecule has 3 rings (SSSR count). The number of benzene rings is 1. The first-order chi connectivity index (χ1) is 11.8. The molecule has 128 valence electrons. The molecule has 1 aliphatic rings. The van der Waals surface area contributed by atoms with E-state index >= 15 is 0 Å². The van der Waals surface area contributed by atoms with Gasteiger partial charge in [-0.15, -0.1) is 0 Å². The van der Waals surface area contributed by atoms with Crippen molar-refractivity contribution in [2.24, 2.45) is 0 Å². The van der Waals surface area contributed by atoms with E-state index in [1.165, 1.54) is 5.56 Å². The summed E-state index contributed by atoms with van der Waals surface area (Å²) in [7, 11) is 0. The average Bonchev–Trinajstić information content (AvgIpc) is 2.65. The van der Waals surface area contributed by atoms with Crippen LogP contribution in [0.4, 0.5) is 11.8 Å². The maximum atomic E-state index is 4.77. The number of anilines is 2. The summed E-state index contributed by atoms with van der Waals surface area (Å²) in [6.07, 6.45) is 1.88. The van der Waals surface area contributed by atoms with Crippen molar-refractivity contribution in [2.75, 3.05) is 49.1 Å². The van der Waals surface area contributed by atoms with Crippen molar-refractivity contribution < 1.29 is 0 Å². The van der Waals surface area contributed by atoms with Gasteiger partial charge in [0.05, 0.1) is 0 Å². The molecule has 0 saturated carbocycles. The van der Waals surface area contributed by atoms with Crippen LogP contribution in [-0.4, -0.2) is 54.1 Å². The summed E-state index contributed by atoms with van der Waals surface area (Å²) in [4.78, 5) is 16.3. The first kappa shape index (κ1) is 16.7. The number of nitrogens with zero attached hydrogens (tertiary/aromatic N) is 5. The maximum absolute atomic E-state index is 4.77. The third-order valence-electron chi connectivity index (χ3n) is 4.62. The molecule has 5 heteroatoms. The van der Waals surface area contributed by atoms with Gasteiger partial charge in [0.25, 0.3) is 0 Å². The van der Waals surface area contributed by atoms with Crippen molar-refractivity contribution in [2.45, 2.75) is 20.4 Å². The Kier molecular flexibility index (Phi) is 5.64. The molecule has 1 aliphatic heterocycles. The van der Waals surface area contributed by atoms with Gasteiger partial charge >= 0.3 is 0 Å². The Labute approximate surface area is 144 Å². The standard InChI is InChI=1S/C19H27N5/c1-3-23(4-2)19-20-11-10-18(21-19)24-14-12-22(13-15-24)16-17-8-6-5-7-9-17/h5-11H,3-4,12-16H2,1-2H3. The van der Waals surface area contributed by atoms with E-state index in [-0.39, 0.29) is 0 Å². The highest BCUT2D eigenvalue weighted by Crippen LogP contribution is 2.17. The number of hydrogen-bond donors (Lipinski definition) is 0. The molecule has 0 radical (unpaired) electrons. The summed E-state index contributed by atoms with van der Waals surface area (Å²) in [6, 6.07) is 12.7. The Morgan fingerprint density at radius 3 is 2.33 bits per heavy atom. The van der Waals surface area contributed by atoms with Gasteiger partial charge < -0.3 is 9.80 Å². The highest BCUT2D eigenvalue weighted by Gasteiger charge is 2.19. The molecule has 0 bridgehead atoms. The lowest BCUT2D eigenvalue weighted by Gasteiger charge is -2.35. The molecule has 2 aromatic rings. The van der Waals surface area contributed by atoms with E-state index < -0.39 is 0 Å². The Balaban J connectivity index is 1.59. The SMILES string of the molecule is CCN(CC)c1nccc(N2CCN(Cc3ccccc3)CC2)n1. The summed E-state index contributed by atoms with van der Waals surface area (Å²) in [5.41, 5.74) is 1.39. The van der Waals surface area contributed by atoms with Gasteiger partial charge in [-0.3, -0.25) is 4.90 Å². The summed E-state index contributed by atoms with van der Waals surface area (Å²) >= 11 is 0. The Morgan fingerprint density at radius 2 is 1.67 bits per heavy atom. The normalized spacial score (nSPS) is 15.5. The van der Waals surface area contributed by atoms with Gasteiger partial charge in [0.2, 0.25) is 5.95 Å². The summed E-state index contributed by atoms with van der Waals surface area (Å²) < 4.78 is 0. The molecular weight excluding hydrogens is 298 g/mol. The van der Waals surface area contributed by atoms with Gasteiger partial charge in [0, 0.05) is 52.0 Å². The fourth-order valence-electron chi connectivity index (χ4n) is 3.15. The van der Waals surface area contributed by atoms with Crippen LogP contribution in [0.5, 0.6) is 0 Å². The van der Waals surface area contributed by atoms with Crippen LogP contribution in [-0.2, 0) is 6.54 Å². The Hall–Kier alpha value is -2.14. The van der Waals surface area contributed by atoms with Gasteiger partial charge in [-0.2, -0.15) is 4.98 Å². The molecule has 1 aromatic carbocycles. The highest BCUT2D eigenvalue weighted by molar-refractivity contribution is 5.44. The number of hydrogen-bond acceptors (Lipinski definition) is 5. The van der Waals surface area contributed by atoms with E-state index in [0.717, 1.165) is 57.6 Å². The molecule has 2 heterocycles. The van der Waals surface area contributed by atoms with Gasteiger partial charge in [-0.05, 0) is 25.5 Å². The Bertz CT molecular complexity index is 619. The molecule has 1 saturated heterocycles. The fourth-order valence-corrected chi connectivity index (χ4v) is 3.15. The molecule has 0 spiro atoms. The minimum absolute atomic E-state index is 0.837. The minimum atomic E-state index is 0.837. The number of piperazine rings is 1. The fraction of sp³-hybridized carbons (Fsp3) is 0.474. The van der Waals surface area contributed by atoms with Crippen LogP contribution >= 0.6 is 0 Å². The van der Waals surface area contributed by atoms with Crippen LogP contribution in [0.2, 0.25) is 0 Å².